The van der Waals surface area contributed by atoms with E-state index in [4.69, 9.17) is 0 Å². The smallest absolute Gasteiger partial charge is 0.237 e. The molecule has 3 rings (SSSR count). The standard InChI is InChI=1S/C18H25N3O2/c1-11-7-12(2)9-13(8-11)19-17(22)10-16-18(23)21-15-6-4-3-5-14(15)20-16/h7-9,14-16,20H,3-6,10H2,1-2H3,(H,19,22)(H,21,23)/t14-,15-,16+/m0/s1. The molecule has 0 radical (unpaired) electrons. The van der Waals surface area contributed by atoms with E-state index in [1.807, 2.05) is 26.0 Å². The second-order valence-electron chi connectivity index (χ2n) is 6.85. The van der Waals surface area contributed by atoms with E-state index in [2.05, 4.69) is 22.0 Å². The van der Waals surface area contributed by atoms with Gasteiger partial charge in [-0.2, -0.15) is 0 Å². The summed E-state index contributed by atoms with van der Waals surface area (Å²) >= 11 is 0. The first kappa shape index (κ1) is 16.0. The van der Waals surface area contributed by atoms with Gasteiger partial charge in [-0.05, 0) is 49.9 Å². The van der Waals surface area contributed by atoms with Crippen molar-refractivity contribution in [3.05, 3.63) is 29.3 Å². The van der Waals surface area contributed by atoms with Gasteiger partial charge in [0.2, 0.25) is 11.8 Å². The number of fused-ring (bicyclic) bond motifs is 1. The number of carbonyl (C=O) groups excluding carboxylic acids is 2. The molecule has 2 aliphatic rings. The molecular weight excluding hydrogens is 290 g/mol. The maximum Gasteiger partial charge on any atom is 0.237 e. The Morgan fingerprint density at radius 1 is 1.13 bits per heavy atom. The summed E-state index contributed by atoms with van der Waals surface area (Å²) in [6, 6.07) is 6.05. The number of aryl methyl sites for hydroxylation is 2. The fourth-order valence-electron chi connectivity index (χ4n) is 3.72. The molecule has 1 aliphatic heterocycles. The highest BCUT2D eigenvalue weighted by Crippen LogP contribution is 2.22. The molecule has 1 heterocycles. The first-order chi connectivity index (χ1) is 11.0. The van der Waals surface area contributed by atoms with Crippen LogP contribution in [-0.2, 0) is 9.59 Å². The van der Waals surface area contributed by atoms with E-state index >= 15 is 0 Å². The first-order valence-electron chi connectivity index (χ1n) is 8.46. The molecule has 0 bridgehead atoms. The van der Waals surface area contributed by atoms with Gasteiger partial charge in [0, 0.05) is 17.8 Å². The van der Waals surface area contributed by atoms with E-state index in [9.17, 15) is 9.59 Å². The van der Waals surface area contributed by atoms with Crippen LogP contribution in [0.4, 0.5) is 5.69 Å². The molecule has 0 spiro atoms. The summed E-state index contributed by atoms with van der Waals surface area (Å²) in [5.41, 5.74) is 3.01. The predicted octanol–water partition coefficient (Wildman–Crippen LogP) is 2.03. The van der Waals surface area contributed by atoms with Crippen molar-refractivity contribution in [3.8, 4) is 0 Å². The number of carbonyl (C=O) groups is 2. The van der Waals surface area contributed by atoms with Crippen molar-refractivity contribution in [2.24, 2.45) is 0 Å². The summed E-state index contributed by atoms with van der Waals surface area (Å²) in [6.45, 7) is 4.00. The summed E-state index contributed by atoms with van der Waals surface area (Å²) in [5.74, 6) is -0.180. The quantitative estimate of drug-likeness (QED) is 0.799. The van der Waals surface area contributed by atoms with Crippen molar-refractivity contribution in [3.63, 3.8) is 0 Å². The van der Waals surface area contributed by atoms with E-state index in [1.54, 1.807) is 0 Å². The number of nitrogens with one attached hydrogen (secondary N) is 3. The number of anilines is 1. The van der Waals surface area contributed by atoms with Gasteiger partial charge in [-0.3, -0.25) is 9.59 Å². The number of benzene rings is 1. The average Bonchev–Trinajstić information content (AvgIpc) is 2.46. The maximum absolute atomic E-state index is 12.3. The second-order valence-corrected chi connectivity index (χ2v) is 6.85. The van der Waals surface area contributed by atoms with Crippen LogP contribution in [0.5, 0.6) is 0 Å². The minimum atomic E-state index is -0.430. The fourth-order valence-corrected chi connectivity index (χ4v) is 3.72. The van der Waals surface area contributed by atoms with Crippen molar-refractivity contribution in [1.82, 2.24) is 10.6 Å². The topological polar surface area (TPSA) is 70.2 Å². The average molecular weight is 315 g/mol. The number of hydrogen-bond acceptors (Lipinski definition) is 3. The molecule has 1 aromatic carbocycles. The van der Waals surface area contributed by atoms with E-state index < -0.39 is 6.04 Å². The van der Waals surface area contributed by atoms with E-state index in [0.717, 1.165) is 29.7 Å². The highest BCUT2D eigenvalue weighted by Gasteiger charge is 2.36. The Balaban J connectivity index is 1.59. The molecule has 1 saturated heterocycles. The highest BCUT2D eigenvalue weighted by atomic mass is 16.2. The second kappa shape index (κ2) is 6.71. The zero-order valence-electron chi connectivity index (χ0n) is 13.8. The van der Waals surface area contributed by atoms with Gasteiger partial charge in [-0.25, -0.2) is 0 Å². The molecule has 2 fully saturated rings. The molecule has 0 aromatic heterocycles. The third-order valence-electron chi connectivity index (χ3n) is 4.72. The van der Waals surface area contributed by atoms with Gasteiger partial charge in [0.05, 0.1) is 12.5 Å². The molecule has 1 aromatic rings. The predicted molar refractivity (Wildman–Crippen MR) is 90.3 cm³/mol. The molecule has 5 nitrogen and oxygen atoms in total. The molecular formula is C18H25N3O2. The maximum atomic E-state index is 12.3. The van der Waals surface area contributed by atoms with Crippen LogP contribution in [0.25, 0.3) is 0 Å². The molecule has 124 valence electrons. The van der Waals surface area contributed by atoms with Crippen molar-refractivity contribution in [2.45, 2.75) is 64.1 Å². The zero-order chi connectivity index (χ0) is 16.4. The first-order valence-corrected chi connectivity index (χ1v) is 8.46. The minimum absolute atomic E-state index is 0.0521. The highest BCUT2D eigenvalue weighted by molar-refractivity contribution is 5.95. The Labute approximate surface area is 137 Å². The molecule has 1 aliphatic carbocycles. The van der Waals surface area contributed by atoms with Crippen molar-refractivity contribution >= 4 is 17.5 Å². The third-order valence-corrected chi connectivity index (χ3v) is 4.72. The Bertz CT molecular complexity index is 594. The number of amides is 2. The summed E-state index contributed by atoms with van der Waals surface area (Å²) in [6.07, 6.45) is 4.62. The third kappa shape index (κ3) is 3.91. The summed E-state index contributed by atoms with van der Waals surface area (Å²) in [7, 11) is 0. The lowest BCUT2D eigenvalue weighted by atomic mass is 9.87. The lowest BCUT2D eigenvalue weighted by Crippen LogP contribution is -2.65. The summed E-state index contributed by atoms with van der Waals surface area (Å²) < 4.78 is 0. The van der Waals surface area contributed by atoms with E-state index in [-0.39, 0.29) is 24.3 Å². The van der Waals surface area contributed by atoms with Crippen LogP contribution in [0.1, 0.15) is 43.2 Å². The molecule has 3 N–H and O–H groups in total. The van der Waals surface area contributed by atoms with Crippen LogP contribution in [-0.4, -0.2) is 29.9 Å². The van der Waals surface area contributed by atoms with Gasteiger partial charge in [-0.1, -0.05) is 18.9 Å². The largest absolute Gasteiger partial charge is 0.350 e. The van der Waals surface area contributed by atoms with Gasteiger partial charge < -0.3 is 16.0 Å². The van der Waals surface area contributed by atoms with Gasteiger partial charge >= 0.3 is 0 Å². The van der Waals surface area contributed by atoms with Crippen LogP contribution >= 0.6 is 0 Å². The van der Waals surface area contributed by atoms with E-state index in [1.165, 1.54) is 12.8 Å². The Morgan fingerprint density at radius 2 is 1.78 bits per heavy atom. The van der Waals surface area contributed by atoms with Gasteiger partial charge in [0.15, 0.2) is 0 Å². The van der Waals surface area contributed by atoms with Crippen molar-refractivity contribution < 1.29 is 9.59 Å². The van der Waals surface area contributed by atoms with Crippen LogP contribution in [0.2, 0.25) is 0 Å². The minimum Gasteiger partial charge on any atom is -0.350 e. The Morgan fingerprint density at radius 3 is 2.48 bits per heavy atom. The van der Waals surface area contributed by atoms with Crippen LogP contribution in [0, 0.1) is 13.8 Å². The van der Waals surface area contributed by atoms with Crippen molar-refractivity contribution in [1.29, 1.82) is 0 Å². The molecule has 3 atom stereocenters. The molecule has 5 heteroatoms. The van der Waals surface area contributed by atoms with Crippen molar-refractivity contribution in [2.75, 3.05) is 5.32 Å². The van der Waals surface area contributed by atoms with Crippen LogP contribution in [0.15, 0.2) is 18.2 Å². The zero-order valence-corrected chi connectivity index (χ0v) is 13.8. The fraction of sp³-hybridized carbons (Fsp3) is 0.556. The number of rotatable bonds is 3. The summed E-state index contributed by atoms with van der Waals surface area (Å²) in [4.78, 5) is 24.5. The SMILES string of the molecule is Cc1cc(C)cc(NC(=O)C[C@H]2N[C@H]3CCCC[C@@H]3NC2=O)c1. The molecule has 0 unspecified atom stereocenters. The number of hydrogen-bond donors (Lipinski definition) is 3. The summed E-state index contributed by atoms with van der Waals surface area (Å²) in [5, 5.41) is 9.35. The molecule has 2 amide bonds. The van der Waals surface area contributed by atoms with Crippen LogP contribution in [0.3, 0.4) is 0 Å². The lowest BCUT2D eigenvalue weighted by Gasteiger charge is -2.40. The number of piperazine rings is 1. The monoisotopic (exact) mass is 315 g/mol. The van der Waals surface area contributed by atoms with Gasteiger partial charge in [-0.15, -0.1) is 0 Å². The lowest BCUT2D eigenvalue weighted by molar-refractivity contribution is -0.129. The van der Waals surface area contributed by atoms with Gasteiger partial charge in [0.25, 0.3) is 0 Å². The van der Waals surface area contributed by atoms with Crippen LogP contribution < -0.4 is 16.0 Å². The Kier molecular flexibility index (Phi) is 4.66. The molecule has 1 saturated carbocycles. The van der Waals surface area contributed by atoms with Gasteiger partial charge in [0.1, 0.15) is 0 Å². The normalized spacial score (nSPS) is 27.0. The molecule has 23 heavy (non-hydrogen) atoms. The van der Waals surface area contributed by atoms with E-state index in [0.29, 0.717) is 6.04 Å². The Hall–Kier alpha value is -1.88.